The highest BCUT2D eigenvalue weighted by Gasteiger charge is 2.10. The van der Waals surface area contributed by atoms with Crippen LogP contribution in [0, 0.1) is 5.82 Å². The molecule has 2 rings (SSSR count). The fraction of sp³-hybridized carbons (Fsp3) is 0.308. The van der Waals surface area contributed by atoms with Gasteiger partial charge >= 0.3 is 0 Å². The number of anilines is 1. The Morgan fingerprint density at radius 1 is 1.39 bits per heavy atom. The van der Waals surface area contributed by atoms with Gasteiger partial charge in [-0.05, 0) is 25.1 Å². The zero-order valence-electron chi connectivity index (χ0n) is 10.3. The number of hydrogen-bond acceptors (Lipinski definition) is 3. The summed E-state index contributed by atoms with van der Waals surface area (Å²) < 4.78 is 19.7. The van der Waals surface area contributed by atoms with Gasteiger partial charge in [0.25, 0.3) is 0 Å². The van der Waals surface area contributed by atoms with E-state index in [4.69, 9.17) is 4.74 Å². The molecule has 0 unspecified atom stereocenters. The van der Waals surface area contributed by atoms with Crippen LogP contribution in [-0.2, 0) is 11.3 Å². The van der Waals surface area contributed by atoms with Crippen molar-refractivity contribution in [2.75, 3.05) is 19.0 Å². The van der Waals surface area contributed by atoms with E-state index in [0.29, 0.717) is 22.3 Å². The minimum atomic E-state index is -0.337. The second-order valence-corrected chi connectivity index (χ2v) is 4.82. The zero-order chi connectivity index (χ0) is 13.1. The van der Waals surface area contributed by atoms with E-state index in [2.05, 4.69) is 26.2 Å². The standard InChI is InChI=1S/C13H14BrFN2O/c1-3-16-12-6-9(7-18-2)17-13-10(12)4-8(14)5-11(13)15/h4-6H,3,7H2,1-2H3,(H,16,17). The predicted molar refractivity (Wildman–Crippen MR) is 74.3 cm³/mol. The summed E-state index contributed by atoms with van der Waals surface area (Å²) in [6.45, 7) is 3.13. The Labute approximate surface area is 113 Å². The quantitative estimate of drug-likeness (QED) is 0.934. The van der Waals surface area contributed by atoms with Crippen molar-refractivity contribution in [3.63, 3.8) is 0 Å². The van der Waals surface area contributed by atoms with Crippen molar-refractivity contribution in [2.24, 2.45) is 0 Å². The van der Waals surface area contributed by atoms with Gasteiger partial charge in [-0.1, -0.05) is 15.9 Å². The highest BCUT2D eigenvalue weighted by Crippen LogP contribution is 2.29. The molecule has 0 bridgehead atoms. The molecule has 1 heterocycles. The Morgan fingerprint density at radius 3 is 2.83 bits per heavy atom. The van der Waals surface area contributed by atoms with Crippen molar-refractivity contribution in [2.45, 2.75) is 13.5 Å². The van der Waals surface area contributed by atoms with Crippen molar-refractivity contribution in [1.29, 1.82) is 0 Å². The summed E-state index contributed by atoms with van der Waals surface area (Å²) in [5.41, 5.74) is 1.95. The average molecular weight is 313 g/mol. The lowest BCUT2D eigenvalue weighted by atomic mass is 10.1. The summed E-state index contributed by atoms with van der Waals surface area (Å²) in [6.07, 6.45) is 0. The molecular weight excluding hydrogens is 299 g/mol. The lowest BCUT2D eigenvalue weighted by Crippen LogP contribution is -2.02. The molecular formula is C13H14BrFN2O. The van der Waals surface area contributed by atoms with Crippen LogP contribution in [-0.4, -0.2) is 18.6 Å². The number of nitrogens with zero attached hydrogens (tertiary/aromatic N) is 1. The number of ether oxygens (including phenoxy) is 1. The van der Waals surface area contributed by atoms with Crippen LogP contribution in [0.3, 0.4) is 0 Å². The van der Waals surface area contributed by atoms with Crippen LogP contribution < -0.4 is 5.32 Å². The van der Waals surface area contributed by atoms with E-state index < -0.39 is 0 Å². The van der Waals surface area contributed by atoms with E-state index in [1.54, 1.807) is 7.11 Å². The van der Waals surface area contributed by atoms with Gasteiger partial charge in [0.1, 0.15) is 5.52 Å². The third-order valence-electron chi connectivity index (χ3n) is 2.54. The molecule has 0 aliphatic heterocycles. The molecule has 0 amide bonds. The molecule has 2 aromatic rings. The second kappa shape index (κ2) is 5.63. The Kier molecular flexibility index (Phi) is 4.14. The number of nitrogens with one attached hydrogen (secondary N) is 1. The minimum Gasteiger partial charge on any atom is -0.385 e. The minimum absolute atomic E-state index is 0.337. The van der Waals surface area contributed by atoms with E-state index in [1.165, 1.54) is 6.07 Å². The molecule has 0 aliphatic rings. The molecule has 0 aliphatic carbocycles. The Morgan fingerprint density at radius 2 is 2.17 bits per heavy atom. The number of pyridine rings is 1. The van der Waals surface area contributed by atoms with Crippen molar-refractivity contribution in [3.8, 4) is 0 Å². The maximum Gasteiger partial charge on any atom is 0.150 e. The van der Waals surface area contributed by atoms with Crippen molar-refractivity contribution in [1.82, 2.24) is 4.98 Å². The molecule has 0 saturated carbocycles. The van der Waals surface area contributed by atoms with Crippen LogP contribution in [0.4, 0.5) is 10.1 Å². The first-order valence-electron chi connectivity index (χ1n) is 5.67. The fourth-order valence-corrected chi connectivity index (χ4v) is 2.29. The van der Waals surface area contributed by atoms with Gasteiger partial charge < -0.3 is 10.1 Å². The van der Waals surface area contributed by atoms with Crippen LogP contribution in [0.2, 0.25) is 0 Å². The van der Waals surface area contributed by atoms with Crippen LogP contribution in [0.1, 0.15) is 12.6 Å². The van der Waals surface area contributed by atoms with Crippen molar-refractivity contribution < 1.29 is 9.13 Å². The first kappa shape index (κ1) is 13.2. The summed E-state index contributed by atoms with van der Waals surface area (Å²) in [4.78, 5) is 4.29. The van der Waals surface area contributed by atoms with E-state index in [0.717, 1.165) is 17.6 Å². The molecule has 1 aromatic carbocycles. The van der Waals surface area contributed by atoms with Gasteiger partial charge in [-0.25, -0.2) is 9.37 Å². The van der Waals surface area contributed by atoms with E-state index >= 15 is 0 Å². The Hall–Kier alpha value is -1.20. The summed E-state index contributed by atoms with van der Waals surface area (Å²) >= 11 is 3.30. The number of hydrogen-bond donors (Lipinski definition) is 1. The monoisotopic (exact) mass is 312 g/mol. The molecule has 0 spiro atoms. The maximum absolute atomic E-state index is 13.9. The van der Waals surface area contributed by atoms with E-state index in [1.807, 2.05) is 19.1 Å². The smallest absolute Gasteiger partial charge is 0.150 e. The molecule has 18 heavy (non-hydrogen) atoms. The first-order valence-corrected chi connectivity index (χ1v) is 6.46. The predicted octanol–water partition coefficient (Wildman–Crippen LogP) is 3.71. The largest absolute Gasteiger partial charge is 0.385 e. The number of aromatic nitrogens is 1. The van der Waals surface area contributed by atoms with Gasteiger partial charge in [-0.15, -0.1) is 0 Å². The Balaban J connectivity index is 2.68. The molecule has 0 radical (unpaired) electrons. The Bertz CT molecular complexity index is 574. The van der Waals surface area contributed by atoms with Gasteiger partial charge in [0.05, 0.1) is 12.3 Å². The number of benzene rings is 1. The molecule has 5 heteroatoms. The topological polar surface area (TPSA) is 34.1 Å². The fourth-order valence-electron chi connectivity index (χ4n) is 1.86. The average Bonchev–Trinajstić information content (AvgIpc) is 2.31. The second-order valence-electron chi connectivity index (χ2n) is 3.91. The van der Waals surface area contributed by atoms with E-state index in [-0.39, 0.29) is 5.82 Å². The molecule has 1 N–H and O–H groups in total. The molecule has 3 nitrogen and oxygen atoms in total. The van der Waals surface area contributed by atoms with Gasteiger partial charge in [0.15, 0.2) is 5.82 Å². The number of methoxy groups -OCH3 is 1. The van der Waals surface area contributed by atoms with Gasteiger partial charge in [-0.3, -0.25) is 0 Å². The van der Waals surface area contributed by atoms with Crippen molar-refractivity contribution in [3.05, 3.63) is 34.2 Å². The third kappa shape index (κ3) is 2.62. The summed E-state index contributed by atoms with van der Waals surface area (Å²) in [5, 5.41) is 3.99. The van der Waals surface area contributed by atoms with Gasteiger partial charge in [0, 0.05) is 29.2 Å². The van der Waals surface area contributed by atoms with Crippen molar-refractivity contribution >= 4 is 32.5 Å². The zero-order valence-corrected chi connectivity index (χ0v) is 11.8. The van der Waals surface area contributed by atoms with E-state index in [9.17, 15) is 4.39 Å². The number of fused-ring (bicyclic) bond motifs is 1. The van der Waals surface area contributed by atoms with Crippen LogP contribution in [0.5, 0.6) is 0 Å². The maximum atomic E-state index is 13.9. The molecule has 0 saturated heterocycles. The third-order valence-corrected chi connectivity index (χ3v) is 3.00. The molecule has 96 valence electrons. The van der Waals surface area contributed by atoms with Crippen LogP contribution >= 0.6 is 15.9 Å². The lowest BCUT2D eigenvalue weighted by molar-refractivity contribution is 0.182. The lowest BCUT2D eigenvalue weighted by Gasteiger charge is -2.11. The summed E-state index contributed by atoms with van der Waals surface area (Å²) in [6, 6.07) is 5.17. The van der Waals surface area contributed by atoms with Gasteiger partial charge in [0.2, 0.25) is 0 Å². The molecule has 0 fully saturated rings. The highest BCUT2D eigenvalue weighted by molar-refractivity contribution is 9.10. The molecule has 0 atom stereocenters. The number of rotatable bonds is 4. The molecule has 1 aromatic heterocycles. The summed E-state index contributed by atoms with van der Waals surface area (Å²) in [7, 11) is 1.59. The van der Waals surface area contributed by atoms with Gasteiger partial charge in [-0.2, -0.15) is 0 Å². The first-order chi connectivity index (χ1) is 8.65. The van der Waals surface area contributed by atoms with Crippen LogP contribution in [0.15, 0.2) is 22.7 Å². The normalized spacial score (nSPS) is 10.9. The SMILES string of the molecule is CCNc1cc(COC)nc2c(F)cc(Br)cc12. The number of halogens is 2. The summed E-state index contributed by atoms with van der Waals surface area (Å²) in [5.74, 6) is -0.337. The highest BCUT2D eigenvalue weighted by atomic mass is 79.9. The van der Waals surface area contributed by atoms with Crippen LogP contribution in [0.25, 0.3) is 10.9 Å².